The van der Waals surface area contributed by atoms with Gasteiger partial charge in [0.25, 0.3) is 0 Å². The first-order chi connectivity index (χ1) is 17.0. The second-order valence-corrected chi connectivity index (χ2v) is 10.3. The Hall–Kier alpha value is -4.10. The number of aromatic amines is 1. The van der Waals surface area contributed by atoms with E-state index < -0.39 is 0 Å². The van der Waals surface area contributed by atoms with E-state index in [1.807, 2.05) is 0 Å². The second kappa shape index (κ2) is 8.29. The Morgan fingerprint density at radius 2 is 0.886 bits per heavy atom. The molecule has 0 fully saturated rings. The van der Waals surface area contributed by atoms with E-state index in [9.17, 15) is 0 Å². The van der Waals surface area contributed by atoms with Crippen LogP contribution in [0.1, 0.15) is 26.3 Å². The molecule has 6 aromatic rings. The quantitative estimate of drug-likeness (QED) is 0.256. The molecule has 0 spiro atoms. The summed E-state index contributed by atoms with van der Waals surface area (Å²) in [5.41, 5.74) is 6.20. The normalized spacial score (nSPS) is 11.9. The maximum Gasteiger partial charge on any atom is 0.0464 e. The molecule has 0 radical (unpaired) electrons. The van der Waals surface area contributed by atoms with Crippen molar-refractivity contribution >= 4 is 43.4 Å². The Balaban J connectivity index is 1.75. The zero-order chi connectivity index (χ0) is 24.0. The van der Waals surface area contributed by atoms with E-state index in [-0.39, 0.29) is 5.41 Å². The molecule has 0 amide bonds. The average Bonchev–Trinajstić information content (AvgIpc) is 2.93. The SMILES string of the molecule is CC(C)(C)c1ccc(-c2ccc3[nH]c4ccccc4c4ccccc4c4ccccc4c3c2)cc1. The molecule has 0 aliphatic rings. The molecule has 0 atom stereocenters. The fraction of sp³-hybridized carbons (Fsp3) is 0.118. The van der Waals surface area contributed by atoms with E-state index in [0.717, 1.165) is 11.0 Å². The molecule has 170 valence electrons. The van der Waals surface area contributed by atoms with E-state index in [2.05, 4.69) is 141 Å². The maximum atomic E-state index is 3.77. The monoisotopic (exact) mass is 451 g/mol. The van der Waals surface area contributed by atoms with Gasteiger partial charge in [-0.05, 0) is 61.8 Å². The minimum Gasteiger partial charge on any atom is -0.355 e. The van der Waals surface area contributed by atoms with Crippen LogP contribution in [0.4, 0.5) is 0 Å². The number of hydrogen-bond donors (Lipinski definition) is 1. The predicted molar refractivity (Wildman–Crippen MR) is 153 cm³/mol. The molecule has 1 N–H and O–H groups in total. The van der Waals surface area contributed by atoms with Crippen molar-refractivity contribution in [3.63, 3.8) is 0 Å². The number of nitrogens with one attached hydrogen (secondary N) is 1. The maximum absolute atomic E-state index is 3.77. The number of aromatic nitrogens is 1. The minimum atomic E-state index is 0.145. The summed E-state index contributed by atoms with van der Waals surface area (Å²) in [7, 11) is 0. The molecule has 0 aliphatic carbocycles. The van der Waals surface area contributed by atoms with E-state index >= 15 is 0 Å². The van der Waals surface area contributed by atoms with Gasteiger partial charge < -0.3 is 4.98 Å². The molecule has 0 aliphatic heterocycles. The number of hydrogen-bond acceptors (Lipinski definition) is 0. The average molecular weight is 452 g/mol. The summed E-state index contributed by atoms with van der Waals surface area (Å²) >= 11 is 0. The Labute approximate surface area is 206 Å². The molecule has 0 bridgehead atoms. The summed E-state index contributed by atoms with van der Waals surface area (Å²) in [6.45, 7) is 6.78. The molecule has 0 saturated heterocycles. The van der Waals surface area contributed by atoms with Gasteiger partial charge in [-0.25, -0.2) is 0 Å². The predicted octanol–water partition coefficient (Wildman–Crippen LogP) is 9.72. The van der Waals surface area contributed by atoms with Crippen LogP contribution in [-0.2, 0) is 5.41 Å². The third-order valence-electron chi connectivity index (χ3n) is 7.02. The van der Waals surface area contributed by atoms with Crippen LogP contribution in [0.15, 0.2) is 115 Å². The number of benzene rings is 5. The first kappa shape index (κ1) is 21.4. The lowest BCUT2D eigenvalue weighted by atomic mass is 9.86. The van der Waals surface area contributed by atoms with Gasteiger partial charge in [-0.2, -0.15) is 0 Å². The van der Waals surface area contributed by atoms with Gasteiger partial charge in [-0.3, -0.25) is 0 Å². The van der Waals surface area contributed by atoms with Crippen molar-refractivity contribution in [2.45, 2.75) is 26.2 Å². The van der Waals surface area contributed by atoms with Crippen LogP contribution in [0.25, 0.3) is 54.5 Å². The Bertz CT molecular complexity index is 1760. The molecule has 6 rings (SSSR count). The molecular weight excluding hydrogens is 422 g/mol. The van der Waals surface area contributed by atoms with Crippen LogP contribution in [-0.4, -0.2) is 4.98 Å². The van der Waals surface area contributed by atoms with Crippen LogP contribution in [0.3, 0.4) is 0 Å². The van der Waals surface area contributed by atoms with Crippen molar-refractivity contribution in [2.24, 2.45) is 0 Å². The van der Waals surface area contributed by atoms with Crippen molar-refractivity contribution < 1.29 is 0 Å². The lowest BCUT2D eigenvalue weighted by Crippen LogP contribution is -2.10. The van der Waals surface area contributed by atoms with Gasteiger partial charge in [0, 0.05) is 21.8 Å². The van der Waals surface area contributed by atoms with Crippen molar-refractivity contribution in [3.8, 4) is 11.1 Å². The molecule has 0 saturated carbocycles. The Kier molecular flexibility index (Phi) is 5.07. The molecule has 1 heteroatoms. The summed E-state index contributed by atoms with van der Waals surface area (Å²) < 4.78 is 0. The largest absolute Gasteiger partial charge is 0.355 e. The smallest absolute Gasteiger partial charge is 0.0464 e. The molecule has 35 heavy (non-hydrogen) atoms. The molecule has 1 aromatic heterocycles. The van der Waals surface area contributed by atoms with Gasteiger partial charge in [0.1, 0.15) is 0 Å². The van der Waals surface area contributed by atoms with E-state index in [0.29, 0.717) is 0 Å². The lowest BCUT2D eigenvalue weighted by Gasteiger charge is -2.19. The minimum absolute atomic E-state index is 0.145. The molecule has 0 unspecified atom stereocenters. The van der Waals surface area contributed by atoms with Crippen molar-refractivity contribution in [1.29, 1.82) is 0 Å². The van der Waals surface area contributed by atoms with Crippen LogP contribution in [0.5, 0.6) is 0 Å². The van der Waals surface area contributed by atoms with Crippen LogP contribution < -0.4 is 0 Å². The highest BCUT2D eigenvalue weighted by atomic mass is 14.7. The highest BCUT2D eigenvalue weighted by molar-refractivity contribution is 6.19. The third kappa shape index (κ3) is 3.84. The van der Waals surface area contributed by atoms with E-state index in [1.165, 1.54) is 49.0 Å². The zero-order valence-corrected chi connectivity index (χ0v) is 20.5. The molecule has 5 aromatic carbocycles. The van der Waals surface area contributed by atoms with Crippen LogP contribution >= 0.6 is 0 Å². The highest BCUT2D eigenvalue weighted by Gasteiger charge is 2.13. The standard InChI is InChI=1S/C34H29N/c1-34(2,3)25-19-16-23(17-20-25)24-18-21-33-31(22-24)29-13-7-5-11-27(29)26-10-4-6-12-28(26)30-14-8-9-15-32(30)35-33/h4-22,35H,1-3H3. The van der Waals surface area contributed by atoms with E-state index in [1.54, 1.807) is 0 Å². The first-order valence-electron chi connectivity index (χ1n) is 12.3. The van der Waals surface area contributed by atoms with Gasteiger partial charge >= 0.3 is 0 Å². The van der Waals surface area contributed by atoms with Crippen LogP contribution in [0.2, 0.25) is 0 Å². The molecular formula is C34H29N. The van der Waals surface area contributed by atoms with Crippen molar-refractivity contribution in [2.75, 3.05) is 0 Å². The van der Waals surface area contributed by atoms with Gasteiger partial charge in [-0.1, -0.05) is 118 Å². The zero-order valence-electron chi connectivity index (χ0n) is 20.5. The second-order valence-electron chi connectivity index (χ2n) is 10.3. The fourth-order valence-electron chi connectivity index (χ4n) is 5.10. The first-order valence-corrected chi connectivity index (χ1v) is 12.3. The van der Waals surface area contributed by atoms with E-state index in [4.69, 9.17) is 0 Å². The lowest BCUT2D eigenvalue weighted by molar-refractivity contribution is 0.590. The van der Waals surface area contributed by atoms with Crippen molar-refractivity contribution in [1.82, 2.24) is 4.98 Å². The number of H-pyrrole nitrogens is 1. The van der Waals surface area contributed by atoms with Gasteiger partial charge in [-0.15, -0.1) is 0 Å². The van der Waals surface area contributed by atoms with Crippen LogP contribution in [0, 0.1) is 0 Å². The molecule has 1 heterocycles. The number of fused-ring (bicyclic) bond motifs is 7. The summed E-state index contributed by atoms with van der Waals surface area (Å²) in [6, 6.07) is 41.9. The molecule has 1 nitrogen and oxygen atoms in total. The summed E-state index contributed by atoms with van der Waals surface area (Å²) in [5.74, 6) is 0. The van der Waals surface area contributed by atoms with Gasteiger partial charge in [0.05, 0.1) is 0 Å². The summed E-state index contributed by atoms with van der Waals surface area (Å²) in [4.78, 5) is 3.77. The number of para-hydroxylation sites is 1. The summed E-state index contributed by atoms with van der Waals surface area (Å²) in [5, 5.41) is 7.42. The fourth-order valence-corrected chi connectivity index (χ4v) is 5.10. The van der Waals surface area contributed by atoms with Crippen molar-refractivity contribution in [3.05, 3.63) is 121 Å². The van der Waals surface area contributed by atoms with Gasteiger partial charge in [0.2, 0.25) is 0 Å². The Morgan fingerprint density at radius 1 is 0.429 bits per heavy atom. The summed E-state index contributed by atoms with van der Waals surface area (Å²) in [6.07, 6.45) is 0. The highest BCUT2D eigenvalue weighted by Crippen LogP contribution is 2.33. The van der Waals surface area contributed by atoms with Gasteiger partial charge in [0.15, 0.2) is 0 Å². The topological polar surface area (TPSA) is 15.8 Å². The Morgan fingerprint density at radius 3 is 1.49 bits per heavy atom. The third-order valence-corrected chi connectivity index (χ3v) is 7.02. The number of rotatable bonds is 1.